The number of amides is 1. The summed E-state index contributed by atoms with van der Waals surface area (Å²) in [7, 11) is 1.52. The summed E-state index contributed by atoms with van der Waals surface area (Å²) < 4.78 is 28.3. The number of carbonyl (C=O) groups excluding carboxylic acids is 1. The molecule has 1 amide bonds. The zero-order valence-electron chi connectivity index (χ0n) is 6.09. The van der Waals surface area contributed by atoms with Gasteiger partial charge >= 0.3 is 0 Å². The molecule has 0 N–H and O–H groups in total. The lowest BCUT2D eigenvalue weighted by molar-refractivity contribution is -0.130. The van der Waals surface area contributed by atoms with Gasteiger partial charge in [-0.2, -0.15) is 0 Å². The Labute approximate surface area is 62.9 Å². The van der Waals surface area contributed by atoms with Crippen molar-refractivity contribution in [3.63, 3.8) is 0 Å². The Morgan fingerprint density at radius 2 is 2.45 bits per heavy atom. The van der Waals surface area contributed by atoms with Crippen molar-refractivity contribution in [3.8, 4) is 0 Å². The average Bonchev–Trinajstić information content (AvgIpc) is 2.18. The predicted octanol–water partition coefficient (Wildman–Crippen LogP) is 0.456. The van der Waals surface area contributed by atoms with E-state index < -0.39 is 19.0 Å². The molecule has 11 heavy (non-hydrogen) atoms. The second kappa shape index (κ2) is 3.13. The summed E-state index contributed by atoms with van der Waals surface area (Å²) in [6, 6.07) is 0. The summed E-state index contributed by atoms with van der Waals surface area (Å²) in [5.41, 5.74) is 0. The third-order valence-electron chi connectivity index (χ3n) is 1.51. The van der Waals surface area contributed by atoms with Crippen LogP contribution in [-0.4, -0.2) is 37.1 Å². The van der Waals surface area contributed by atoms with Gasteiger partial charge in [-0.05, 0) is 0 Å². The van der Waals surface area contributed by atoms with Gasteiger partial charge in [0.15, 0.2) is 0 Å². The molecule has 1 saturated heterocycles. The lowest BCUT2D eigenvalue weighted by Crippen LogP contribution is -2.27. The number of hydrogen-bond acceptors (Lipinski definition) is 2. The van der Waals surface area contributed by atoms with Crippen molar-refractivity contribution < 1.29 is 18.3 Å². The number of likely N-dealkylation sites (N-methyl/N-ethyl adjacent to an activating group) is 1. The number of carbonyl (C=O) groups is 1. The molecule has 3 nitrogen and oxygen atoms in total. The zero-order chi connectivity index (χ0) is 8.43. The van der Waals surface area contributed by atoms with Crippen LogP contribution in [0.2, 0.25) is 0 Å². The Hall–Kier alpha value is -0.710. The lowest BCUT2D eigenvalue weighted by Gasteiger charge is -2.05. The van der Waals surface area contributed by atoms with Crippen molar-refractivity contribution >= 4 is 5.91 Å². The van der Waals surface area contributed by atoms with Gasteiger partial charge in [-0.25, -0.2) is 8.78 Å². The predicted molar refractivity (Wildman–Crippen MR) is 33.1 cm³/mol. The Kier molecular flexibility index (Phi) is 2.38. The smallest absolute Gasteiger partial charge is 0.253 e. The standard InChI is InChI=1S/C6H9F2NO2/c1-9-3-11-4(6(9)10)2-5(7)8/h4-5H,2-3H2,1H3. The third kappa shape index (κ3) is 1.86. The summed E-state index contributed by atoms with van der Waals surface area (Å²) in [6.45, 7) is 0.121. The van der Waals surface area contributed by atoms with Crippen molar-refractivity contribution in [1.29, 1.82) is 0 Å². The fraction of sp³-hybridized carbons (Fsp3) is 0.833. The molecule has 1 fully saturated rings. The Morgan fingerprint density at radius 1 is 1.82 bits per heavy atom. The first kappa shape index (κ1) is 8.39. The van der Waals surface area contributed by atoms with Crippen LogP contribution < -0.4 is 0 Å². The molecule has 64 valence electrons. The molecule has 1 aliphatic heterocycles. The molecule has 0 bridgehead atoms. The van der Waals surface area contributed by atoms with Gasteiger partial charge < -0.3 is 9.64 Å². The maximum absolute atomic E-state index is 11.7. The Morgan fingerprint density at radius 3 is 2.82 bits per heavy atom. The van der Waals surface area contributed by atoms with Gasteiger partial charge in [0.05, 0.1) is 0 Å². The zero-order valence-corrected chi connectivity index (χ0v) is 6.09. The molecule has 0 aromatic rings. The van der Waals surface area contributed by atoms with Gasteiger partial charge in [0, 0.05) is 13.5 Å². The van der Waals surface area contributed by atoms with Crippen LogP contribution in [0, 0.1) is 0 Å². The molecule has 1 aliphatic rings. The van der Waals surface area contributed by atoms with Crippen LogP contribution >= 0.6 is 0 Å². The number of alkyl halides is 2. The van der Waals surface area contributed by atoms with Crippen molar-refractivity contribution in [3.05, 3.63) is 0 Å². The molecule has 0 saturated carbocycles. The van der Waals surface area contributed by atoms with E-state index in [0.717, 1.165) is 0 Å². The van der Waals surface area contributed by atoms with E-state index in [1.807, 2.05) is 0 Å². The first-order chi connectivity index (χ1) is 5.11. The molecule has 0 aliphatic carbocycles. The molecule has 0 radical (unpaired) electrons. The number of nitrogens with zero attached hydrogens (tertiary/aromatic N) is 1. The molecule has 1 heterocycles. The highest BCUT2D eigenvalue weighted by Crippen LogP contribution is 2.15. The van der Waals surface area contributed by atoms with Crippen LogP contribution in [0.25, 0.3) is 0 Å². The number of hydrogen-bond donors (Lipinski definition) is 0. The van der Waals surface area contributed by atoms with Gasteiger partial charge in [0.1, 0.15) is 12.8 Å². The second-order valence-corrected chi connectivity index (χ2v) is 2.45. The van der Waals surface area contributed by atoms with Crippen LogP contribution in [0.4, 0.5) is 8.78 Å². The van der Waals surface area contributed by atoms with Gasteiger partial charge in [0.2, 0.25) is 6.43 Å². The highest BCUT2D eigenvalue weighted by Gasteiger charge is 2.32. The summed E-state index contributed by atoms with van der Waals surface area (Å²) in [5, 5.41) is 0. The fourth-order valence-corrected chi connectivity index (χ4v) is 0.913. The van der Waals surface area contributed by atoms with E-state index >= 15 is 0 Å². The van der Waals surface area contributed by atoms with E-state index in [4.69, 9.17) is 4.74 Å². The third-order valence-corrected chi connectivity index (χ3v) is 1.51. The van der Waals surface area contributed by atoms with Crippen LogP contribution in [0.5, 0.6) is 0 Å². The van der Waals surface area contributed by atoms with Gasteiger partial charge in [-0.15, -0.1) is 0 Å². The summed E-state index contributed by atoms with van der Waals surface area (Å²) in [4.78, 5) is 12.2. The van der Waals surface area contributed by atoms with E-state index in [1.54, 1.807) is 0 Å². The molecule has 0 aromatic carbocycles. The van der Waals surface area contributed by atoms with Crippen molar-refractivity contribution in [2.45, 2.75) is 19.0 Å². The molecule has 0 spiro atoms. The summed E-state index contributed by atoms with van der Waals surface area (Å²) in [5.74, 6) is -0.356. The number of rotatable bonds is 2. The summed E-state index contributed by atoms with van der Waals surface area (Å²) in [6.07, 6.45) is -3.90. The highest BCUT2D eigenvalue weighted by molar-refractivity contribution is 5.81. The van der Waals surface area contributed by atoms with E-state index in [9.17, 15) is 13.6 Å². The minimum Gasteiger partial charge on any atom is -0.348 e. The van der Waals surface area contributed by atoms with E-state index in [1.165, 1.54) is 11.9 Å². The Balaban J connectivity index is 2.42. The van der Waals surface area contributed by atoms with Crippen LogP contribution in [0.1, 0.15) is 6.42 Å². The maximum atomic E-state index is 11.7. The largest absolute Gasteiger partial charge is 0.348 e. The normalized spacial score (nSPS) is 25.3. The van der Waals surface area contributed by atoms with Crippen molar-refractivity contribution in [1.82, 2.24) is 4.90 Å². The molecule has 1 unspecified atom stereocenters. The monoisotopic (exact) mass is 165 g/mol. The average molecular weight is 165 g/mol. The number of ether oxygens (including phenoxy) is 1. The highest BCUT2D eigenvalue weighted by atomic mass is 19.3. The van der Waals surface area contributed by atoms with Crippen LogP contribution in [0.15, 0.2) is 0 Å². The molecule has 1 rings (SSSR count). The van der Waals surface area contributed by atoms with Gasteiger partial charge in [-0.3, -0.25) is 4.79 Å². The Bertz CT molecular complexity index is 163. The minimum absolute atomic E-state index is 0.121. The molecular weight excluding hydrogens is 156 g/mol. The van der Waals surface area contributed by atoms with Gasteiger partial charge in [0.25, 0.3) is 5.91 Å². The summed E-state index contributed by atoms with van der Waals surface area (Å²) >= 11 is 0. The van der Waals surface area contributed by atoms with Crippen LogP contribution in [0.3, 0.4) is 0 Å². The fourth-order valence-electron chi connectivity index (χ4n) is 0.913. The molecular formula is C6H9F2NO2. The van der Waals surface area contributed by atoms with E-state index in [0.29, 0.717) is 0 Å². The van der Waals surface area contributed by atoms with Crippen molar-refractivity contribution in [2.75, 3.05) is 13.8 Å². The van der Waals surface area contributed by atoms with Crippen molar-refractivity contribution in [2.24, 2.45) is 0 Å². The van der Waals surface area contributed by atoms with Crippen LogP contribution in [-0.2, 0) is 9.53 Å². The first-order valence-electron chi connectivity index (χ1n) is 3.26. The topological polar surface area (TPSA) is 29.5 Å². The SMILES string of the molecule is CN1COC(CC(F)F)C1=O. The minimum atomic E-state index is -2.48. The van der Waals surface area contributed by atoms with Gasteiger partial charge in [-0.1, -0.05) is 0 Å². The first-order valence-corrected chi connectivity index (χ1v) is 3.26. The van der Waals surface area contributed by atoms with E-state index in [2.05, 4.69) is 0 Å². The lowest BCUT2D eigenvalue weighted by atomic mass is 10.2. The molecule has 0 aromatic heterocycles. The maximum Gasteiger partial charge on any atom is 0.253 e. The quantitative estimate of drug-likeness (QED) is 0.594. The second-order valence-electron chi connectivity index (χ2n) is 2.45. The molecule has 5 heteroatoms. The van der Waals surface area contributed by atoms with E-state index in [-0.39, 0.29) is 12.6 Å². The number of halogens is 2. The molecule has 1 atom stereocenters.